The summed E-state index contributed by atoms with van der Waals surface area (Å²) in [6.07, 6.45) is 4.44. The molecule has 0 bridgehead atoms. The summed E-state index contributed by atoms with van der Waals surface area (Å²) in [5.74, 6) is 0. The van der Waals surface area contributed by atoms with Gasteiger partial charge in [0.05, 0.1) is 24.1 Å². The Morgan fingerprint density at radius 2 is 2.00 bits per heavy atom. The molecule has 1 aliphatic heterocycles. The number of aryl methyl sites for hydroxylation is 1. The van der Waals surface area contributed by atoms with E-state index in [2.05, 4.69) is 49.5 Å². The molecule has 19 heavy (non-hydrogen) atoms. The van der Waals surface area contributed by atoms with Crippen molar-refractivity contribution in [2.75, 3.05) is 18.0 Å². The van der Waals surface area contributed by atoms with Crippen molar-refractivity contribution >= 4 is 29.5 Å². The Labute approximate surface area is 118 Å². The zero-order valence-corrected chi connectivity index (χ0v) is 12.4. The molecule has 0 radical (unpaired) electrons. The Bertz CT molecular complexity index is 600. The molecule has 0 aromatic carbocycles. The minimum Gasteiger partial charge on any atom is -0.372 e. The van der Waals surface area contributed by atoms with Crippen LogP contribution < -0.4 is 4.90 Å². The van der Waals surface area contributed by atoms with E-state index >= 15 is 0 Å². The molecule has 0 aliphatic carbocycles. The Morgan fingerprint density at radius 3 is 2.68 bits per heavy atom. The third-order valence-corrected chi connectivity index (χ3v) is 3.90. The average Bonchev–Trinajstić information content (AvgIpc) is 2.63. The van der Waals surface area contributed by atoms with Crippen molar-refractivity contribution in [1.82, 2.24) is 8.96 Å². The standard InChI is InChI=1S/C14H19N3OS/c1-9-6-17(19)14-13(9)4-12(5-15-14)16-7-10(2)18-11(3)8-16/h4-6,10-11,19H,7-8H2,1-3H3. The molecule has 1 fully saturated rings. The van der Waals surface area contributed by atoms with E-state index in [1.54, 1.807) is 3.97 Å². The number of hydrogen-bond donors (Lipinski definition) is 1. The Hall–Kier alpha value is -1.20. The third kappa shape index (κ3) is 2.32. The summed E-state index contributed by atoms with van der Waals surface area (Å²) in [7, 11) is 0. The number of pyridine rings is 1. The summed E-state index contributed by atoms with van der Waals surface area (Å²) in [6, 6.07) is 2.20. The van der Waals surface area contributed by atoms with Gasteiger partial charge in [0.1, 0.15) is 5.65 Å². The molecule has 1 saturated heterocycles. The van der Waals surface area contributed by atoms with Crippen molar-refractivity contribution in [1.29, 1.82) is 0 Å². The number of fused-ring (bicyclic) bond motifs is 1. The van der Waals surface area contributed by atoms with Gasteiger partial charge < -0.3 is 9.64 Å². The van der Waals surface area contributed by atoms with Gasteiger partial charge in [-0.1, -0.05) is 12.8 Å². The molecule has 2 aromatic rings. The van der Waals surface area contributed by atoms with Gasteiger partial charge in [0.15, 0.2) is 0 Å². The smallest absolute Gasteiger partial charge is 0.150 e. The summed E-state index contributed by atoms with van der Waals surface area (Å²) in [4.78, 5) is 6.88. The molecule has 0 spiro atoms. The highest BCUT2D eigenvalue weighted by Gasteiger charge is 2.23. The SMILES string of the molecule is Cc1cn(S)c2ncc(N3CC(C)OC(C)C3)cc12. The molecule has 1 aliphatic rings. The lowest BCUT2D eigenvalue weighted by atomic mass is 10.2. The number of nitrogens with zero attached hydrogens (tertiary/aromatic N) is 3. The first-order valence-electron chi connectivity index (χ1n) is 6.62. The number of thiol groups is 1. The fourth-order valence-electron chi connectivity index (χ4n) is 2.80. The first kappa shape index (κ1) is 12.8. The van der Waals surface area contributed by atoms with E-state index in [1.165, 1.54) is 10.9 Å². The second-order valence-corrected chi connectivity index (χ2v) is 5.81. The zero-order chi connectivity index (χ0) is 13.6. The normalized spacial score (nSPS) is 24.1. The summed E-state index contributed by atoms with van der Waals surface area (Å²) in [5, 5.41) is 1.17. The number of rotatable bonds is 1. The number of ether oxygens (including phenoxy) is 1. The van der Waals surface area contributed by atoms with Crippen LogP contribution in [0, 0.1) is 6.92 Å². The molecule has 5 heteroatoms. The van der Waals surface area contributed by atoms with E-state index in [-0.39, 0.29) is 12.2 Å². The second kappa shape index (κ2) is 4.72. The topological polar surface area (TPSA) is 30.3 Å². The molecular weight excluding hydrogens is 258 g/mol. The predicted octanol–water partition coefficient (Wildman–Crippen LogP) is 2.65. The van der Waals surface area contributed by atoms with Crippen LogP contribution in [0.2, 0.25) is 0 Å². The highest BCUT2D eigenvalue weighted by Crippen LogP contribution is 2.26. The Kier molecular flexibility index (Phi) is 3.19. The number of anilines is 1. The van der Waals surface area contributed by atoms with Gasteiger partial charge in [-0.2, -0.15) is 0 Å². The minimum atomic E-state index is 0.259. The molecule has 4 nitrogen and oxygen atoms in total. The van der Waals surface area contributed by atoms with Gasteiger partial charge in [0.25, 0.3) is 0 Å². The molecule has 102 valence electrons. The van der Waals surface area contributed by atoms with E-state index in [9.17, 15) is 0 Å². The lowest BCUT2D eigenvalue weighted by Crippen LogP contribution is -2.45. The molecule has 0 N–H and O–H groups in total. The first-order valence-corrected chi connectivity index (χ1v) is 7.02. The highest BCUT2D eigenvalue weighted by molar-refractivity contribution is 7.78. The van der Waals surface area contributed by atoms with E-state index < -0.39 is 0 Å². The molecule has 2 atom stereocenters. The van der Waals surface area contributed by atoms with Gasteiger partial charge in [0, 0.05) is 24.7 Å². The summed E-state index contributed by atoms with van der Waals surface area (Å²) in [5.41, 5.74) is 3.28. The van der Waals surface area contributed by atoms with Gasteiger partial charge in [-0.3, -0.25) is 3.97 Å². The lowest BCUT2D eigenvalue weighted by molar-refractivity contribution is -0.00522. The predicted molar refractivity (Wildman–Crippen MR) is 81.1 cm³/mol. The Balaban J connectivity index is 1.98. The molecule has 2 unspecified atom stereocenters. The number of morpholine rings is 1. The third-order valence-electron chi connectivity index (χ3n) is 3.59. The van der Waals surface area contributed by atoms with Crippen LogP contribution in [0.3, 0.4) is 0 Å². The van der Waals surface area contributed by atoms with Gasteiger partial charge in [-0.15, -0.1) is 0 Å². The lowest BCUT2D eigenvalue weighted by Gasteiger charge is -2.36. The van der Waals surface area contributed by atoms with Gasteiger partial charge in [-0.25, -0.2) is 4.98 Å². The largest absolute Gasteiger partial charge is 0.372 e. The van der Waals surface area contributed by atoms with Gasteiger partial charge in [-0.05, 0) is 32.4 Å². The van der Waals surface area contributed by atoms with Crippen LogP contribution in [0.15, 0.2) is 18.5 Å². The van der Waals surface area contributed by atoms with Crippen LogP contribution in [0.4, 0.5) is 5.69 Å². The summed E-state index contributed by atoms with van der Waals surface area (Å²) >= 11 is 4.38. The van der Waals surface area contributed by atoms with Crippen LogP contribution in [-0.4, -0.2) is 34.3 Å². The molecule has 2 aromatic heterocycles. The molecular formula is C14H19N3OS. The van der Waals surface area contributed by atoms with Gasteiger partial charge in [0.2, 0.25) is 0 Å². The van der Waals surface area contributed by atoms with Crippen molar-refractivity contribution in [2.45, 2.75) is 33.0 Å². The van der Waals surface area contributed by atoms with Crippen molar-refractivity contribution in [3.8, 4) is 0 Å². The van der Waals surface area contributed by atoms with E-state index in [0.29, 0.717) is 0 Å². The molecule has 3 rings (SSSR count). The van der Waals surface area contributed by atoms with E-state index in [0.717, 1.165) is 24.4 Å². The van der Waals surface area contributed by atoms with E-state index in [1.807, 2.05) is 12.4 Å². The van der Waals surface area contributed by atoms with Crippen LogP contribution >= 0.6 is 12.8 Å². The van der Waals surface area contributed by atoms with Crippen molar-refractivity contribution in [3.05, 3.63) is 24.0 Å². The fourth-order valence-corrected chi connectivity index (χ4v) is 3.13. The second-order valence-electron chi connectivity index (χ2n) is 5.38. The highest BCUT2D eigenvalue weighted by atomic mass is 32.1. The maximum absolute atomic E-state index is 5.77. The Morgan fingerprint density at radius 1 is 1.32 bits per heavy atom. The van der Waals surface area contributed by atoms with Crippen LogP contribution in [-0.2, 0) is 4.74 Å². The van der Waals surface area contributed by atoms with Crippen LogP contribution in [0.1, 0.15) is 19.4 Å². The first-order chi connectivity index (χ1) is 9.04. The maximum atomic E-state index is 5.77. The van der Waals surface area contributed by atoms with E-state index in [4.69, 9.17) is 4.74 Å². The van der Waals surface area contributed by atoms with Crippen molar-refractivity contribution in [3.63, 3.8) is 0 Å². The minimum absolute atomic E-state index is 0.259. The average molecular weight is 277 g/mol. The molecule has 3 heterocycles. The van der Waals surface area contributed by atoms with Crippen molar-refractivity contribution < 1.29 is 4.74 Å². The van der Waals surface area contributed by atoms with Gasteiger partial charge >= 0.3 is 0 Å². The maximum Gasteiger partial charge on any atom is 0.150 e. The number of aromatic nitrogens is 2. The fraction of sp³-hybridized carbons (Fsp3) is 0.500. The summed E-state index contributed by atoms with van der Waals surface area (Å²) < 4.78 is 7.55. The van der Waals surface area contributed by atoms with Crippen LogP contribution in [0.5, 0.6) is 0 Å². The molecule has 0 saturated carbocycles. The summed E-state index contributed by atoms with van der Waals surface area (Å²) in [6.45, 7) is 8.15. The van der Waals surface area contributed by atoms with Crippen molar-refractivity contribution in [2.24, 2.45) is 0 Å². The quantitative estimate of drug-likeness (QED) is 0.813. The number of hydrogen-bond acceptors (Lipinski definition) is 4. The van der Waals surface area contributed by atoms with Crippen LogP contribution in [0.25, 0.3) is 11.0 Å². The molecule has 0 amide bonds. The monoisotopic (exact) mass is 277 g/mol. The zero-order valence-electron chi connectivity index (χ0n) is 11.5.